The van der Waals surface area contributed by atoms with E-state index in [1.165, 1.54) is 0 Å². The first-order chi connectivity index (χ1) is 1.89. The van der Waals surface area contributed by atoms with Gasteiger partial charge in [0.25, 0.3) is 0 Å². The Morgan fingerprint density at radius 1 is 1.50 bits per heavy atom. The molecule has 0 aromatic rings. The second-order valence-electron chi connectivity index (χ2n) is 0.417. The van der Waals surface area contributed by atoms with Crippen molar-refractivity contribution in [1.29, 1.82) is 0 Å². The van der Waals surface area contributed by atoms with E-state index < -0.39 is 15.0 Å². The molecule has 0 aromatic heterocycles. The Morgan fingerprint density at radius 3 is 1.75 bits per heavy atom. The van der Waals surface area contributed by atoms with Gasteiger partial charge in [-0.25, -0.2) is 0 Å². The van der Waals surface area contributed by atoms with Crippen LogP contribution in [0.15, 0.2) is 0 Å². The van der Waals surface area contributed by atoms with Crippen molar-refractivity contribution in [3.63, 3.8) is 0 Å². The average molecular weight is 121 g/mol. The summed E-state index contributed by atoms with van der Waals surface area (Å²) in [6, 6.07) is 0. The first-order valence-corrected chi connectivity index (χ1v) is 3.35. The maximum atomic E-state index is 9.36. The molecule has 0 aromatic carbocycles. The molecule has 4 heteroatoms. The Hall–Kier alpha value is -0.0571. The van der Waals surface area contributed by atoms with Gasteiger partial charge in [-0.1, -0.05) is 0 Å². The quantitative estimate of drug-likeness (QED) is 0.243. The van der Waals surface area contributed by atoms with Crippen molar-refractivity contribution in [2.24, 2.45) is 0 Å². The molecule has 0 atom stereocenters. The van der Waals surface area contributed by atoms with Gasteiger partial charge in [0.1, 0.15) is 0 Å². The van der Waals surface area contributed by atoms with E-state index in [2.05, 4.69) is 7.83 Å². The summed E-state index contributed by atoms with van der Waals surface area (Å²) in [7, 11) is 0. The van der Waals surface area contributed by atoms with E-state index in [1.807, 2.05) is 0 Å². The topological polar surface area (TPSA) is 42.1 Å². The standard InChI is InChI=1S/GeO3/c2-1-3-4-1. The Morgan fingerprint density at radius 2 is 1.75 bits per heavy atom. The van der Waals surface area contributed by atoms with Crippen molar-refractivity contribution >= 4 is 15.0 Å². The van der Waals surface area contributed by atoms with Crippen LogP contribution in [0.2, 0.25) is 0 Å². The third-order valence-corrected chi connectivity index (χ3v) is 0.787. The van der Waals surface area contributed by atoms with Crippen molar-refractivity contribution in [2.75, 3.05) is 0 Å². The van der Waals surface area contributed by atoms with Crippen LogP contribution in [-0.2, 0) is 11.6 Å². The summed E-state index contributed by atoms with van der Waals surface area (Å²) < 4.78 is 17.0. The van der Waals surface area contributed by atoms with Gasteiger partial charge in [0.2, 0.25) is 0 Å². The molecule has 0 amide bonds. The molecule has 0 radical (unpaired) electrons. The van der Waals surface area contributed by atoms with E-state index in [-0.39, 0.29) is 0 Å². The summed E-state index contributed by atoms with van der Waals surface area (Å²) in [6.45, 7) is 0. The summed E-state index contributed by atoms with van der Waals surface area (Å²) in [5.74, 6) is 0. The molecule has 0 saturated carbocycles. The minimum absolute atomic E-state index is 2.33. The summed E-state index contributed by atoms with van der Waals surface area (Å²) >= 11 is -2.33. The van der Waals surface area contributed by atoms with Crippen LogP contribution < -0.4 is 0 Å². The van der Waals surface area contributed by atoms with Gasteiger partial charge >= 0.3 is 26.6 Å². The molecule has 1 aliphatic rings. The van der Waals surface area contributed by atoms with Gasteiger partial charge in [-0.05, 0) is 0 Å². The molecule has 0 bridgehead atoms. The van der Waals surface area contributed by atoms with Crippen molar-refractivity contribution in [1.82, 2.24) is 0 Å². The number of hydrogen-bond donors (Lipinski definition) is 0. The zero-order valence-corrected chi connectivity index (χ0v) is 3.82. The molecule has 1 aliphatic heterocycles. The van der Waals surface area contributed by atoms with Gasteiger partial charge in [-0.2, -0.15) is 0 Å². The predicted molar refractivity (Wildman–Crippen MR) is 8.61 cm³/mol. The molecule has 1 fully saturated rings. The van der Waals surface area contributed by atoms with Crippen LogP contribution in [0.4, 0.5) is 0 Å². The second kappa shape index (κ2) is 0.455. The van der Waals surface area contributed by atoms with Gasteiger partial charge in [0.05, 0.1) is 0 Å². The summed E-state index contributed by atoms with van der Waals surface area (Å²) in [4.78, 5) is 0. The summed E-state index contributed by atoms with van der Waals surface area (Å²) in [6.07, 6.45) is 0. The first-order valence-electron chi connectivity index (χ1n) is 0.779. The van der Waals surface area contributed by atoms with E-state index in [4.69, 9.17) is 0 Å². The first kappa shape index (κ1) is 2.20. The van der Waals surface area contributed by atoms with E-state index in [0.29, 0.717) is 0 Å². The Kier molecular flexibility index (Phi) is 0.250. The van der Waals surface area contributed by atoms with Crippen LogP contribution in [0.1, 0.15) is 0 Å². The Bertz CT molecular complexity index is 41.2. The van der Waals surface area contributed by atoms with Crippen molar-refractivity contribution in [3.05, 3.63) is 0 Å². The summed E-state index contributed by atoms with van der Waals surface area (Å²) in [5.41, 5.74) is 0. The minimum atomic E-state index is -2.33. The van der Waals surface area contributed by atoms with Crippen molar-refractivity contribution in [2.45, 2.75) is 0 Å². The molecule has 0 spiro atoms. The molecule has 0 N–H and O–H groups in total. The van der Waals surface area contributed by atoms with Crippen LogP contribution in [0, 0.1) is 0 Å². The molecular formula is GeO3. The molecule has 1 rings (SSSR count). The molecule has 1 saturated heterocycles. The predicted octanol–water partition coefficient (Wildman–Crippen LogP) is -0.636. The van der Waals surface area contributed by atoms with Crippen molar-refractivity contribution < 1.29 is 11.6 Å². The summed E-state index contributed by atoms with van der Waals surface area (Å²) in [5, 5.41) is 0. The maximum absolute atomic E-state index is 9.36. The normalized spacial score (nSPS) is 17.5. The average Bonchev–Trinajstić information content (AvgIpc) is 1.75. The SMILES string of the molecule is [O]=[Ge]1[O][O]1. The molecular weight excluding hydrogens is 121 g/mol. The van der Waals surface area contributed by atoms with Crippen LogP contribution in [0.3, 0.4) is 0 Å². The van der Waals surface area contributed by atoms with Crippen LogP contribution in [0.5, 0.6) is 0 Å². The fourth-order valence-electron chi connectivity index (χ4n) is 0.0170. The van der Waals surface area contributed by atoms with Gasteiger partial charge in [-0.15, -0.1) is 0 Å². The molecule has 0 aliphatic carbocycles. The van der Waals surface area contributed by atoms with E-state index in [0.717, 1.165) is 0 Å². The van der Waals surface area contributed by atoms with E-state index >= 15 is 0 Å². The zero-order chi connectivity index (χ0) is 2.99. The van der Waals surface area contributed by atoms with Crippen molar-refractivity contribution in [3.8, 4) is 0 Å². The third-order valence-electron chi connectivity index (χ3n) is 0.151. The van der Waals surface area contributed by atoms with Crippen LogP contribution in [-0.4, -0.2) is 15.0 Å². The number of rotatable bonds is 0. The Labute approximate surface area is 27.4 Å². The Balaban J connectivity index is 2.60. The fraction of sp³-hybridized carbons (Fsp3) is 0. The van der Waals surface area contributed by atoms with Crippen LogP contribution >= 0.6 is 0 Å². The number of hydrogen-bond acceptors (Lipinski definition) is 3. The molecule has 0 unspecified atom stereocenters. The van der Waals surface area contributed by atoms with Gasteiger partial charge in [0.15, 0.2) is 0 Å². The molecule has 3 nitrogen and oxygen atoms in total. The molecule has 22 valence electrons. The monoisotopic (exact) mass is 122 g/mol. The van der Waals surface area contributed by atoms with Crippen LogP contribution in [0.25, 0.3) is 0 Å². The van der Waals surface area contributed by atoms with Gasteiger partial charge in [0, 0.05) is 0 Å². The molecule has 4 heavy (non-hydrogen) atoms. The second-order valence-corrected chi connectivity index (χ2v) is 2.17. The van der Waals surface area contributed by atoms with Gasteiger partial charge in [-0.3, -0.25) is 0 Å². The third kappa shape index (κ3) is 0.199. The van der Waals surface area contributed by atoms with Gasteiger partial charge < -0.3 is 0 Å². The zero-order valence-electron chi connectivity index (χ0n) is 1.72. The van der Waals surface area contributed by atoms with E-state index in [9.17, 15) is 3.78 Å². The van der Waals surface area contributed by atoms with E-state index in [1.54, 1.807) is 0 Å². The molecule has 1 heterocycles. The fourth-order valence-corrected chi connectivity index (χ4v) is 0.459.